The van der Waals surface area contributed by atoms with Crippen molar-refractivity contribution >= 4 is 0 Å². The molecule has 0 saturated carbocycles. The number of nitrogens with zero attached hydrogens (tertiary/aromatic N) is 1. The van der Waals surface area contributed by atoms with E-state index in [-0.39, 0.29) is 25.0 Å². The Kier molecular flexibility index (Phi) is 3.69. The van der Waals surface area contributed by atoms with Gasteiger partial charge in [-0.15, -0.1) is 0 Å². The summed E-state index contributed by atoms with van der Waals surface area (Å²) in [6.45, 7) is 1.72. The molecule has 1 fully saturated rings. The van der Waals surface area contributed by atoms with E-state index in [1.807, 2.05) is 0 Å². The van der Waals surface area contributed by atoms with Crippen LogP contribution >= 0.6 is 0 Å². The molecule has 1 aliphatic heterocycles. The zero-order valence-electron chi connectivity index (χ0n) is 9.37. The van der Waals surface area contributed by atoms with Gasteiger partial charge in [-0.25, -0.2) is 0 Å². The first-order chi connectivity index (χ1) is 7.24. The molecule has 1 atom stereocenters. The maximum atomic E-state index is 12.5. The van der Waals surface area contributed by atoms with Gasteiger partial charge < -0.3 is 15.3 Å². The SMILES string of the molecule is CCCC1(C(O)(O)O)CC(=C(F)F)CN1C. The Labute approximate surface area is 92.8 Å². The predicted octanol–water partition coefficient (Wildman–Crippen LogP) is 0.642. The van der Waals surface area contributed by atoms with E-state index in [9.17, 15) is 24.1 Å². The van der Waals surface area contributed by atoms with Crippen molar-refractivity contribution in [3.8, 4) is 0 Å². The van der Waals surface area contributed by atoms with E-state index in [1.165, 1.54) is 11.9 Å². The Hall–Kier alpha value is -0.560. The highest BCUT2D eigenvalue weighted by atomic mass is 19.3. The van der Waals surface area contributed by atoms with Gasteiger partial charge in [-0.3, -0.25) is 4.90 Å². The second-order valence-corrected chi connectivity index (χ2v) is 4.31. The van der Waals surface area contributed by atoms with Crippen LogP contribution in [0.3, 0.4) is 0 Å². The molecule has 0 aliphatic carbocycles. The summed E-state index contributed by atoms with van der Waals surface area (Å²) in [5, 5.41) is 28.1. The molecule has 0 amide bonds. The van der Waals surface area contributed by atoms with Crippen LogP contribution in [0.2, 0.25) is 0 Å². The van der Waals surface area contributed by atoms with Gasteiger partial charge in [0, 0.05) is 18.5 Å². The quantitative estimate of drug-likeness (QED) is 0.630. The predicted molar refractivity (Wildman–Crippen MR) is 53.5 cm³/mol. The van der Waals surface area contributed by atoms with Crippen LogP contribution in [0.4, 0.5) is 8.78 Å². The van der Waals surface area contributed by atoms with Crippen molar-refractivity contribution in [2.24, 2.45) is 0 Å². The third-order valence-electron chi connectivity index (χ3n) is 3.22. The second kappa shape index (κ2) is 4.37. The van der Waals surface area contributed by atoms with Gasteiger partial charge in [0.15, 0.2) is 0 Å². The lowest BCUT2D eigenvalue weighted by Gasteiger charge is -2.41. The Balaban J connectivity index is 3.09. The average molecular weight is 237 g/mol. The first-order valence-corrected chi connectivity index (χ1v) is 5.16. The van der Waals surface area contributed by atoms with Crippen molar-refractivity contribution in [1.82, 2.24) is 4.90 Å². The van der Waals surface area contributed by atoms with E-state index in [0.717, 1.165) is 0 Å². The molecule has 94 valence electrons. The summed E-state index contributed by atoms with van der Waals surface area (Å²) in [6, 6.07) is 0. The van der Waals surface area contributed by atoms with Crippen LogP contribution in [0.5, 0.6) is 0 Å². The monoisotopic (exact) mass is 237 g/mol. The van der Waals surface area contributed by atoms with E-state index in [1.54, 1.807) is 6.92 Å². The molecule has 0 aromatic carbocycles. The fourth-order valence-electron chi connectivity index (χ4n) is 2.34. The smallest absolute Gasteiger partial charge is 0.295 e. The highest BCUT2D eigenvalue weighted by Gasteiger charge is 2.55. The lowest BCUT2D eigenvalue weighted by Crippen LogP contribution is -2.60. The molecule has 0 spiro atoms. The Bertz CT molecular complexity index is 297. The molecule has 0 aromatic heterocycles. The maximum Gasteiger partial charge on any atom is 0.295 e. The lowest BCUT2D eigenvalue weighted by atomic mass is 9.87. The van der Waals surface area contributed by atoms with Gasteiger partial charge in [-0.2, -0.15) is 8.78 Å². The molecule has 0 radical (unpaired) electrons. The topological polar surface area (TPSA) is 63.9 Å². The van der Waals surface area contributed by atoms with E-state index in [4.69, 9.17) is 0 Å². The Morgan fingerprint density at radius 3 is 2.31 bits per heavy atom. The maximum absolute atomic E-state index is 12.5. The minimum Gasteiger partial charge on any atom is -0.342 e. The van der Waals surface area contributed by atoms with Crippen LogP contribution in [-0.4, -0.2) is 45.3 Å². The van der Waals surface area contributed by atoms with E-state index in [2.05, 4.69) is 0 Å². The first-order valence-electron chi connectivity index (χ1n) is 5.16. The zero-order chi connectivity index (χ0) is 12.6. The Morgan fingerprint density at radius 2 is 2.00 bits per heavy atom. The van der Waals surface area contributed by atoms with Crippen molar-refractivity contribution in [2.75, 3.05) is 13.6 Å². The molecule has 1 rings (SSSR count). The summed E-state index contributed by atoms with van der Waals surface area (Å²) < 4.78 is 25.0. The summed E-state index contributed by atoms with van der Waals surface area (Å²) in [5.41, 5.74) is -1.60. The summed E-state index contributed by atoms with van der Waals surface area (Å²) in [6.07, 6.45) is -1.27. The molecule has 16 heavy (non-hydrogen) atoms. The molecule has 1 unspecified atom stereocenters. The number of likely N-dealkylation sites (tertiary alicyclic amines) is 1. The van der Waals surface area contributed by atoms with Crippen LogP contribution in [0.1, 0.15) is 26.2 Å². The lowest BCUT2D eigenvalue weighted by molar-refractivity contribution is -0.368. The standard InChI is InChI=1S/C10H17F2NO3/c1-3-4-9(10(14,15)16)5-7(8(11)12)6-13(9)2/h14-16H,3-6H2,1-2H3. The van der Waals surface area contributed by atoms with Gasteiger partial charge in [-0.1, -0.05) is 13.3 Å². The van der Waals surface area contributed by atoms with Crippen LogP contribution in [-0.2, 0) is 0 Å². The minimum atomic E-state index is -2.98. The number of hydrogen-bond acceptors (Lipinski definition) is 4. The molecular weight excluding hydrogens is 220 g/mol. The number of likely N-dealkylation sites (N-methyl/N-ethyl adjacent to an activating group) is 1. The van der Waals surface area contributed by atoms with E-state index < -0.39 is 17.6 Å². The van der Waals surface area contributed by atoms with Gasteiger partial charge in [-0.05, 0) is 13.5 Å². The van der Waals surface area contributed by atoms with Gasteiger partial charge in [0.25, 0.3) is 12.1 Å². The van der Waals surface area contributed by atoms with Crippen LogP contribution in [0, 0.1) is 0 Å². The summed E-state index contributed by atoms with van der Waals surface area (Å²) in [7, 11) is 1.49. The van der Waals surface area contributed by atoms with Crippen molar-refractivity contribution < 1.29 is 24.1 Å². The summed E-state index contributed by atoms with van der Waals surface area (Å²) in [4.78, 5) is 1.37. The van der Waals surface area contributed by atoms with Crippen molar-refractivity contribution in [2.45, 2.75) is 37.7 Å². The highest BCUT2D eigenvalue weighted by molar-refractivity contribution is 5.20. The van der Waals surface area contributed by atoms with Gasteiger partial charge in [0.2, 0.25) is 0 Å². The first kappa shape index (κ1) is 13.5. The van der Waals surface area contributed by atoms with Crippen LogP contribution < -0.4 is 0 Å². The van der Waals surface area contributed by atoms with Gasteiger partial charge in [0.05, 0.1) is 0 Å². The number of hydrogen-bond donors (Lipinski definition) is 3. The van der Waals surface area contributed by atoms with Crippen LogP contribution in [0.15, 0.2) is 11.7 Å². The van der Waals surface area contributed by atoms with E-state index >= 15 is 0 Å². The Morgan fingerprint density at radius 1 is 1.44 bits per heavy atom. The van der Waals surface area contributed by atoms with Crippen molar-refractivity contribution in [3.63, 3.8) is 0 Å². The fraction of sp³-hybridized carbons (Fsp3) is 0.800. The van der Waals surface area contributed by atoms with Gasteiger partial charge >= 0.3 is 0 Å². The molecular formula is C10H17F2NO3. The normalized spacial score (nSPS) is 27.6. The number of halogens is 2. The third kappa shape index (κ3) is 2.10. The van der Waals surface area contributed by atoms with Crippen molar-refractivity contribution in [1.29, 1.82) is 0 Å². The second-order valence-electron chi connectivity index (χ2n) is 4.31. The number of rotatable bonds is 3. The summed E-state index contributed by atoms with van der Waals surface area (Å²) in [5.74, 6) is -2.98. The fourth-order valence-corrected chi connectivity index (χ4v) is 2.34. The summed E-state index contributed by atoms with van der Waals surface area (Å²) >= 11 is 0. The average Bonchev–Trinajstić information content (AvgIpc) is 2.44. The molecule has 4 nitrogen and oxygen atoms in total. The van der Waals surface area contributed by atoms with Gasteiger partial charge in [0.1, 0.15) is 5.54 Å². The zero-order valence-corrected chi connectivity index (χ0v) is 9.37. The molecule has 1 heterocycles. The van der Waals surface area contributed by atoms with Crippen LogP contribution in [0.25, 0.3) is 0 Å². The van der Waals surface area contributed by atoms with E-state index in [0.29, 0.717) is 6.42 Å². The third-order valence-corrected chi connectivity index (χ3v) is 3.22. The minimum absolute atomic E-state index is 0.0637. The largest absolute Gasteiger partial charge is 0.342 e. The van der Waals surface area contributed by atoms with Crippen molar-refractivity contribution in [3.05, 3.63) is 11.7 Å². The molecule has 0 aromatic rings. The molecule has 1 saturated heterocycles. The molecule has 3 N–H and O–H groups in total. The highest BCUT2D eigenvalue weighted by Crippen LogP contribution is 2.42. The molecule has 0 bridgehead atoms. The molecule has 6 heteroatoms. The number of aliphatic hydroxyl groups is 3. The molecule has 1 aliphatic rings.